The molecule has 2 N–H and O–H groups in total. The lowest BCUT2D eigenvalue weighted by Gasteiger charge is -2.10. The van der Waals surface area contributed by atoms with E-state index in [1.165, 1.54) is 6.07 Å². The number of rotatable bonds is 4. The molecule has 2 rings (SSSR count). The number of aromatic nitrogens is 1. The van der Waals surface area contributed by atoms with Gasteiger partial charge in [-0.2, -0.15) is 0 Å². The van der Waals surface area contributed by atoms with Crippen LogP contribution in [0.15, 0.2) is 12.3 Å². The molecular weight excluding hydrogens is 185 g/mol. The number of anilines is 1. The predicted octanol–water partition coefficient (Wildman–Crippen LogP) is 1.31. The zero-order valence-electron chi connectivity index (χ0n) is 7.88. The second-order valence-corrected chi connectivity index (χ2v) is 3.20. The Balaban J connectivity index is 2.17. The highest BCUT2D eigenvalue weighted by Crippen LogP contribution is 2.30. The van der Waals surface area contributed by atoms with Gasteiger partial charge in [0.2, 0.25) is 5.88 Å². The molecule has 1 aliphatic rings. The van der Waals surface area contributed by atoms with E-state index in [4.69, 9.17) is 4.74 Å². The molecule has 14 heavy (non-hydrogen) atoms. The molecule has 5 heteroatoms. The van der Waals surface area contributed by atoms with Gasteiger partial charge in [-0.15, -0.1) is 0 Å². The molecule has 0 radical (unpaired) electrons. The van der Waals surface area contributed by atoms with Crippen molar-refractivity contribution in [1.82, 2.24) is 10.4 Å². The molecule has 1 aliphatic carbocycles. The van der Waals surface area contributed by atoms with Gasteiger partial charge in [-0.05, 0) is 12.8 Å². The fourth-order valence-electron chi connectivity index (χ4n) is 1.09. The standard InChI is InChI=1S/C9H12FN3O/c1-11-13-8-4-6(10)5-12-9(8)14-7-2-3-7/h4-5,7,11,13H,2-3H2,1H3. The van der Waals surface area contributed by atoms with Crippen LogP contribution in [0.3, 0.4) is 0 Å². The summed E-state index contributed by atoms with van der Waals surface area (Å²) >= 11 is 0. The van der Waals surface area contributed by atoms with E-state index in [-0.39, 0.29) is 11.9 Å². The molecule has 0 aromatic carbocycles. The number of hydrogen-bond donors (Lipinski definition) is 2. The van der Waals surface area contributed by atoms with Crippen molar-refractivity contribution in [2.45, 2.75) is 18.9 Å². The van der Waals surface area contributed by atoms with Crippen molar-refractivity contribution in [3.8, 4) is 5.88 Å². The third-order valence-corrected chi connectivity index (χ3v) is 1.88. The van der Waals surface area contributed by atoms with E-state index < -0.39 is 0 Å². The van der Waals surface area contributed by atoms with E-state index in [1.54, 1.807) is 7.05 Å². The summed E-state index contributed by atoms with van der Waals surface area (Å²) in [5, 5.41) is 0. The van der Waals surface area contributed by atoms with Gasteiger partial charge in [0.15, 0.2) is 0 Å². The van der Waals surface area contributed by atoms with Gasteiger partial charge >= 0.3 is 0 Å². The maximum absolute atomic E-state index is 12.8. The van der Waals surface area contributed by atoms with Crippen molar-refractivity contribution in [2.75, 3.05) is 12.5 Å². The molecule has 0 atom stereocenters. The lowest BCUT2D eigenvalue weighted by molar-refractivity contribution is 0.291. The molecule has 4 nitrogen and oxygen atoms in total. The number of nitrogens with zero attached hydrogens (tertiary/aromatic N) is 1. The number of hydrazine groups is 1. The minimum atomic E-state index is -0.383. The van der Waals surface area contributed by atoms with Crippen LogP contribution in [0.1, 0.15) is 12.8 Å². The number of ether oxygens (including phenoxy) is 1. The van der Waals surface area contributed by atoms with Crippen molar-refractivity contribution in [3.05, 3.63) is 18.1 Å². The molecule has 1 aromatic rings. The Bertz CT molecular complexity index is 328. The SMILES string of the molecule is CNNc1cc(F)cnc1OC1CC1. The molecule has 1 aromatic heterocycles. The molecule has 0 unspecified atom stereocenters. The number of halogens is 1. The van der Waals surface area contributed by atoms with Crippen LogP contribution >= 0.6 is 0 Å². The van der Waals surface area contributed by atoms with Crippen LogP contribution in [0.2, 0.25) is 0 Å². The summed E-state index contributed by atoms with van der Waals surface area (Å²) in [4.78, 5) is 3.88. The van der Waals surface area contributed by atoms with E-state index in [0.717, 1.165) is 19.0 Å². The zero-order valence-corrected chi connectivity index (χ0v) is 7.88. The fourth-order valence-corrected chi connectivity index (χ4v) is 1.09. The van der Waals surface area contributed by atoms with Crippen LogP contribution < -0.4 is 15.6 Å². The molecule has 76 valence electrons. The topological polar surface area (TPSA) is 46.2 Å². The normalized spacial score (nSPS) is 15.3. The average molecular weight is 197 g/mol. The van der Waals surface area contributed by atoms with Gasteiger partial charge in [-0.25, -0.2) is 14.8 Å². The summed E-state index contributed by atoms with van der Waals surface area (Å²) in [5.41, 5.74) is 6.01. The van der Waals surface area contributed by atoms with Crippen molar-refractivity contribution >= 4 is 5.69 Å². The minimum absolute atomic E-state index is 0.255. The first kappa shape index (κ1) is 9.21. The van der Waals surface area contributed by atoms with Crippen LogP contribution in [0.5, 0.6) is 5.88 Å². The number of nitrogens with one attached hydrogen (secondary N) is 2. The van der Waals surface area contributed by atoms with Crippen LogP contribution in [0, 0.1) is 5.82 Å². The first-order valence-electron chi connectivity index (χ1n) is 4.54. The summed E-state index contributed by atoms with van der Waals surface area (Å²) in [6.45, 7) is 0. The highest BCUT2D eigenvalue weighted by atomic mass is 19.1. The van der Waals surface area contributed by atoms with Crippen LogP contribution in [0.25, 0.3) is 0 Å². The van der Waals surface area contributed by atoms with Gasteiger partial charge in [-0.1, -0.05) is 0 Å². The van der Waals surface area contributed by atoms with Crippen LogP contribution in [-0.4, -0.2) is 18.1 Å². The molecule has 0 amide bonds. The summed E-state index contributed by atoms with van der Waals surface area (Å²) in [5.74, 6) is 0.0640. The maximum Gasteiger partial charge on any atom is 0.239 e. The van der Waals surface area contributed by atoms with Gasteiger partial charge in [0.1, 0.15) is 17.6 Å². The highest BCUT2D eigenvalue weighted by molar-refractivity contribution is 5.51. The first-order chi connectivity index (χ1) is 6.79. The smallest absolute Gasteiger partial charge is 0.239 e. The third kappa shape index (κ3) is 2.11. The quantitative estimate of drug-likeness (QED) is 0.714. The van der Waals surface area contributed by atoms with E-state index in [0.29, 0.717) is 11.6 Å². The molecule has 0 saturated heterocycles. The van der Waals surface area contributed by atoms with Gasteiger partial charge < -0.3 is 10.2 Å². The van der Waals surface area contributed by atoms with Gasteiger partial charge in [0, 0.05) is 13.1 Å². The number of hydrogen-bond acceptors (Lipinski definition) is 4. The Morgan fingerprint density at radius 1 is 1.57 bits per heavy atom. The van der Waals surface area contributed by atoms with Crippen molar-refractivity contribution in [1.29, 1.82) is 0 Å². The van der Waals surface area contributed by atoms with Crippen molar-refractivity contribution in [3.63, 3.8) is 0 Å². The van der Waals surface area contributed by atoms with E-state index in [1.807, 2.05) is 0 Å². The predicted molar refractivity (Wildman–Crippen MR) is 50.5 cm³/mol. The second kappa shape index (κ2) is 3.79. The third-order valence-electron chi connectivity index (χ3n) is 1.88. The summed E-state index contributed by atoms with van der Waals surface area (Å²) < 4.78 is 18.3. The molecule has 0 bridgehead atoms. The Morgan fingerprint density at radius 2 is 2.36 bits per heavy atom. The first-order valence-corrected chi connectivity index (χ1v) is 4.54. The monoisotopic (exact) mass is 197 g/mol. The molecular formula is C9H12FN3O. The zero-order chi connectivity index (χ0) is 9.97. The summed E-state index contributed by atoms with van der Waals surface area (Å²) in [6.07, 6.45) is 3.51. The summed E-state index contributed by atoms with van der Waals surface area (Å²) in [6, 6.07) is 1.35. The van der Waals surface area contributed by atoms with E-state index in [2.05, 4.69) is 15.8 Å². The molecule has 1 fully saturated rings. The number of pyridine rings is 1. The average Bonchev–Trinajstić information content (AvgIpc) is 2.94. The Hall–Kier alpha value is -1.36. The van der Waals surface area contributed by atoms with Gasteiger partial charge in [-0.3, -0.25) is 0 Å². The second-order valence-electron chi connectivity index (χ2n) is 3.20. The Kier molecular flexibility index (Phi) is 2.49. The fraction of sp³-hybridized carbons (Fsp3) is 0.444. The van der Waals surface area contributed by atoms with E-state index >= 15 is 0 Å². The minimum Gasteiger partial charge on any atom is -0.473 e. The molecule has 0 aliphatic heterocycles. The lowest BCUT2D eigenvalue weighted by Crippen LogP contribution is -2.16. The molecule has 1 heterocycles. The maximum atomic E-state index is 12.8. The van der Waals surface area contributed by atoms with Crippen LogP contribution in [0.4, 0.5) is 10.1 Å². The Morgan fingerprint density at radius 3 is 3.00 bits per heavy atom. The summed E-state index contributed by atoms with van der Waals surface area (Å²) in [7, 11) is 1.70. The highest BCUT2D eigenvalue weighted by Gasteiger charge is 2.25. The van der Waals surface area contributed by atoms with Crippen molar-refractivity contribution < 1.29 is 9.13 Å². The lowest BCUT2D eigenvalue weighted by atomic mass is 10.4. The largest absolute Gasteiger partial charge is 0.473 e. The van der Waals surface area contributed by atoms with Gasteiger partial charge in [0.25, 0.3) is 0 Å². The van der Waals surface area contributed by atoms with Crippen LogP contribution in [-0.2, 0) is 0 Å². The van der Waals surface area contributed by atoms with Gasteiger partial charge in [0.05, 0.1) is 6.20 Å². The molecule has 1 saturated carbocycles. The molecule has 0 spiro atoms. The Labute approximate surface area is 81.5 Å². The van der Waals surface area contributed by atoms with Crippen molar-refractivity contribution in [2.24, 2.45) is 0 Å². The van der Waals surface area contributed by atoms with E-state index in [9.17, 15) is 4.39 Å².